The number of carbonyl (C=O) groups excluding carboxylic acids is 4. The van der Waals surface area contributed by atoms with Gasteiger partial charge < -0.3 is 30.1 Å². The zero-order chi connectivity index (χ0) is 33.1. The van der Waals surface area contributed by atoms with E-state index in [1.54, 1.807) is 24.0 Å². The Morgan fingerprint density at radius 3 is 2.28 bits per heavy atom. The molecule has 2 aromatic rings. The highest BCUT2D eigenvalue weighted by Crippen LogP contribution is 2.44. The van der Waals surface area contributed by atoms with Crippen LogP contribution in [0.4, 0.5) is 4.79 Å². The number of aliphatic hydroxyl groups excluding tert-OH is 1. The Morgan fingerprint density at radius 1 is 0.978 bits per heavy atom. The molecule has 2 aliphatic rings. The summed E-state index contributed by atoms with van der Waals surface area (Å²) in [7, 11) is 0. The third-order valence-electron chi connectivity index (χ3n) is 8.57. The van der Waals surface area contributed by atoms with Crippen LogP contribution in [0.3, 0.4) is 0 Å². The summed E-state index contributed by atoms with van der Waals surface area (Å²) in [6.45, 7) is 9.51. The zero-order valence-electron chi connectivity index (χ0n) is 26.5. The van der Waals surface area contributed by atoms with E-state index in [0.29, 0.717) is 25.8 Å². The maximum Gasteiger partial charge on any atom is 0.407 e. The van der Waals surface area contributed by atoms with E-state index in [1.165, 1.54) is 0 Å². The minimum Gasteiger partial charge on any atom is -0.462 e. The van der Waals surface area contributed by atoms with Gasteiger partial charge in [-0.25, -0.2) is 9.59 Å². The summed E-state index contributed by atoms with van der Waals surface area (Å²) >= 11 is 0. The van der Waals surface area contributed by atoms with Crippen molar-refractivity contribution in [2.24, 2.45) is 5.92 Å². The molecule has 0 bridgehead atoms. The number of ether oxygens (including phenoxy) is 2. The Labute approximate surface area is 270 Å². The van der Waals surface area contributed by atoms with Gasteiger partial charge in [0.15, 0.2) is 0 Å². The molecule has 1 aliphatic heterocycles. The predicted octanol–water partition coefficient (Wildman–Crippen LogP) is 4.47. The molecule has 3 amide bonds. The van der Waals surface area contributed by atoms with E-state index in [2.05, 4.69) is 35.9 Å². The number of carbonyl (C=O) groups is 4. The van der Waals surface area contributed by atoms with Crippen LogP contribution in [0.1, 0.15) is 62.5 Å². The number of alkyl carbamates (subject to hydrolysis) is 1. The number of rotatable bonds is 16. The molecule has 3 N–H and O–H groups in total. The lowest BCUT2D eigenvalue weighted by Gasteiger charge is -2.29. The van der Waals surface area contributed by atoms with E-state index < -0.39 is 30.1 Å². The third kappa shape index (κ3) is 8.63. The molecule has 0 unspecified atom stereocenters. The fourth-order valence-corrected chi connectivity index (χ4v) is 6.20. The third-order valence-corrected chi connectivity index (χ3v) is 8.57. The summed E-state index contributed by atoms with van der Waals surface area (Å²) in [5.41, 5.74) is 4.42. The van der Waals surface area contributed by atoms with Crippen molar-refractivity contribution in [2.75, 3.05) is 26.4 Å². The molecule has 0 radical (unpaired) electrons. The summed E-state index contributed by atoms with van der Waals surface area (Å²) in [6, 6.07) is 14.4. The molecule has 4 rings (SSSR count). The average molecular weight is 632 g/mol. The summed E-state index contributed by atoms with van der Waals surface area (Å²) in [4.78, 5) is 53.7. The summed E-state index contributed by atoms with van der Waals surface area (Å²) in [6.07, 6.45) is 4.96. The molecule has 2 aromatic carbocycles. The molecule has 0 spiro atoms. The highest BCUT2D eigenvalue weighted by atomic mass is 16.6. The average Bonchev–Trinajstić information content (AvgIpc) is 3.66. The predicted molar refractivity (Wildman–Crippen MR) is 175 cm³/mol. The van der Waals surface area contributed by atoms with E-state index >= 15 is 0 Å². The second-order valence-electron chi connectivity index (χ2n) is 11.9. The van der Waals surface area contributed by atoms with Crippen LogP contribution in [0.25, 0.3) is 11.1 Å². The van der Waals surface area contributed by atoms with Gasteiger partial charge in [0.25, 0.3) is 0 Å². The number of nitrogens with zero attached hydrogens (tertiary/aromatic N) is 1. The van der Waals surface area contributed by atoms with Crippen LogP contribution in [-0.4, -0.2) is 78.4 Å². The first kappa shape index (κ1) is 34.4. The molecular formula is C36H45N3O7. The summed E-state index contributed by atoms with van der Waals surface area (Å²) < 4.78 is 11.3. The van der Waals surface area contributed by atoms with Crippen molar-refractivity contribution < 1.29 is 33.8 Å². The summed E-state index contributed by atoms with van der Waals surface area (Å²) in [5, 5.41) is 14.6. The van der Waals surface area contributed by atoms with Gasteiger partial charge in [-0.15, -0.1) is 13.2 Å². The second-order valence-corrected chi connectivity index (χ2v) is 11.9. The van der Waals surface area contributed by atoms with Gasteiger partial charge in [-0.2, -0.15) is 0 Å². The van der Waals surface area contributed by atoms with Crippen molar-refractivity contribution in [1.29, 1.82) is 0 Å². The normalized spacial score (nSPS) is 17.2. The van der Waals surface area contributed by atoms with Gasteiger partial charge in [-0.1, -0.05) is 60.7 Å². The number of esters is 1. The van der Waals surface area contributed by atoms with Crippen molar-refractivity contribution in [3.8, 4) is 11.1 Å². The Hall–Kier alpha value is -4.44. The molecule has 10 heteroatoms. The summed E-state index contributed by atoms with van der Waals surface area (Å²) in [5.74, 6) is -1.87. The number of likely N-dealkylation sites (tertiary alicyclic amines) is 1. The van der Waals surface area contributed by atoms with Crippen LogP contribution < -0.4 is 10.6 Å². The Morgan fingerprint density at radius 2 is 1.65 bits per heavy atom. The fourth-order valence-electron chi connectivity index (χ4n) is 6.20. The topological polar surface area (TPSA) is 134 Å². The Bertz CT molecular complexity index is 1360. The molecule has 46 heavy (non-hydrogen) atoms. The van der Waals surface area contributed by atoms with Gasteiger partial charge in [0.05, 0.1) is 18.6 Å². The van der Waals surface area contributed by atoms with Crippen molar-refractivity contribution in [3.63, 3.8) is 0 Å². The first-order chi connectivity index (χ1) is 22.3. The molecule has 1 aliphatic carbocycles. The van der Waals surface area contributed by atoms with Gasteiger partial charge in [-0.05, 0) is 61.3 Å². The standard InChI is InChI=1S/C36H45N3O7/c1-4-6-18-32(38-36(44)46-23-31-29-16-9-7-14-27(29)28-15-8-10-17-30(28)31)35(43)45-22-26-13-11-19-39(26)34(42)25(12-5-2)20-33(41)37-24(3)21-40/h4-5,7-10,14-17,24-26,31-32,40H,1-2,6,11-13,18-23H2,3H3,(H,37,41)(H,38,44)/t24-,25+,26+,32+/m1/s1. The lowest BCUT2D eigenvalue weighted by Crippen LogP contribution is -2.46. The van der Waals surface area contributed by atoms with Crippen molar-refractivity contribution in [2.45, 2.75) is 69.5 Å². The number of aliphatic hydroxyl groups is 1. The van der Waals surface area contributed by atoms with Gasteiger partial charge >= 0.3 is 12.1 Å². The molecule has 0 saturated carbocycles. The molecule has 1 saturated heterocycles. The van der Waals surface area contributed by atoms with Gasteiger partial charge in [0.2, 0.25) is 11.8 Å². The molecule has 4 atom stereocenters. The SMILES string of the molecule is C=CCC[C@H](NC(=O)OCC1c2ccccc2-c2ccccc21)C(=O)OC[C@@H]1CCCN1C(=O)[C@@H](CC=C)CC(=O)N[C@H](C)CO. The van der Waals surface area contributed by atoms with Crippen LogP contribution in [-0.2, 0) is 23.9 Å². The van der Waals surface area contributed by atoms with Gasteiger partial charge in [-0.3, -0.25) is 9.59 Å². The lowest BCUT2D eigenvalue weighted by molar-refractivity contribution is -0.150. The van der Waals surface area contributed by atoms with Crippen molar-refractivity contribution in [3.05, 3.63) is 85.0 Å². The number of hydrogen-bond donors (Lipinski definition) is 3. The lowest BCUT2D eigenvalue weighted by atomic mass is 9.98. The number of amides is 3. The van der Waals surface area contributed by atoms with Gasteiger partial charge in [0.1, 0.15) is 19.3 Å². The van der Waals surface area contributed by atoms with Crippen LogP contribution in [0.5, 0.6) is 0 Å². The highest BCUT2D eigenvalue weighted by Gasteiger charge is 2.35. The first-order valence-electron chi connectivity index (χ1n) is 16.0. The number of benzene rings is 2. The van der Waals surface area contributed by atoms with Crippen molar-refractivity contribution >= 4 is 23.9 Å². The maximum atomic E-state index is 13.5. The first-order valence-corrected chi connectivity index (χ1v) is 16.0. The molecular weight excluding hydrogens is 586 g/mol. The molecule has 0 aromatic heterocycles. The largest absolute Gasteiger partial charge is 0.462 e. The Kier molecular flexibility index (Phi) is 12.5. The maximum absolute atomic E-state index is 13.5. The number of hydrogen-bond acceptors (Lipinski definition) is 7. The van der Waals surface area contributed by atoms with Crippen LogP contribution in [0, 0.1) is 5.92 Å². The monoisotopic (exact) mass is 631 g/mol. The quantitative estimate of drug-likeness (QED) is 0.184. The van der Waals surface area contributed by atoms with Crippen LogP contribution in [0.15, 0.2) is 73.8 Å². The number of fused-ring (bicyclic) bond motifs is 3. The van der Waals surface area contributed by atoms with Crippen LogP contribution >= 0.6 is 0 Å². The fraction of sp³-hybridized carbons (Fsp3) is 0.444. The Balaban J connectivity index is 1.33. The molecule has 1 fully saturated rings. The van der Waals surface area contributed by atoms with Crippen LogP contribution in [0.2, 0.25) is 0 Å². The highest BCUT2D eigenvalue weighted by molar-refractivity contribution is 5.86. The van der Waals surface area contributed by atoms with E-state index in [0.717, 1.165) is 28.7 Å². The minimum absolute atomic E-state index is 0.0317. The van der Waals surface area contributed by atoms with E-state index in [9.17, 15) is 24.3 Å². The van der Waals surface area contributed by atoms with E-state index in [1.807, 2.05) is 36.4 Å². The molecule has 246 valence electrons. The molecule has 1 heterocycles. The van der Waals surface area contributed by atoms with Crippen molar-refractivity contribution in [1.82, 2.24) is 15.5 Å². The second kappa shape index (κ2) is 16.7. The number of nitrogens with one attached hydrogen (secondary N) is 2. The smallest absolute Gasteiger partial charge is 0.407 e. The van der Waals surface area contributed by atoms with Gasteiger partial charge in [0, 0.05) is 24.9 Å². The molecule has 10 nitrogen and oxygen atoms in total. The minimum atomic E-state index is -0.954. The van der Waals surface area contributed by atoms with E-state index in [4.69, 9.17) is 9.47 Å². The van der Waals surface area contributed by atoms with E-state index in [-0.39, 0.29) is 56.4 Å². The zero-order valence-corrected chi connectivity index (χ0v) is 26.5. The number of allylic oxidation sites excluding steroid dienone is 2.